The van der Waals surface area contributed by atoms with Crippen molar-refractivity contribution in [2.75, 3.05) is 15.0 Å². The molecule has 0 radical (unpaired) electrons. The number of para-hydroxylation sites is 2. The number of amidine groups is 1. The Hall–Kier alpha value is -5.69. The third-order valence-electron chi connectivity index (χ3n) is 12.1. The van der Waals surface area contributed by atoms with Crippen LogP contribution in [-0.4, -0.2) is 52.0 Å². The smallest absolute Gasteiger partial charge is 0.337 e. The van der Waals surface area contributed by atoms with Gasteiger partial charge in [-0.1, -0.05) is 145 Å². The van der Waals surface area contributed by atoms with E-state index in [-0.39, 0.29) is 40.0 Å². The van der Waals surface area contributed by atoms with Crippen molar-refractivity contribution in [3.05, 3.63) is 89.4 Å². The van der Waals surface area contributed by atoms with E-state index in [9.17, 15) is 19.5 Å². The number of nitrogens with one attached hydrogen (secondary N) is 1. The maximum atomic E-state index is 15.3. The molecular weight excluding hydrogens is 806 g/mol. The number of nitrogens with zero attached hydrogens (tertiary/aromatic N) is 6. The van der Waals surface area contributed by atoms with Crippen LogP contribution in [-0.2, 0) is 19.2 Å². The van der Waals surface area contributed by atoms with Crippen molar-refractivity contribution in [1.82, 2.24) is 5.32 Å². The zero-order chi connectivity index (χ0) is 44.2. The zero-order valence-corrected chi connectivity index (χ0v) is 36.8. The van der Waals surface area contributed by atoms with Crippen molar-refractivity contribution in [3.63, 3.8) is 0 Å². The molecule has 0 spiro atoms. The molecule has 3 aromatic carbocycles. The molecule has 328 valence electrons. The van der Waals surface area contributed by atoms with Crippen LogP contribution in [0.5, 0.6) is 0 Å². The van der Waals surface area contributed by atoms with Gasteiger partial charge in [0.05, 0.1) is 33.4 Å². The predicted molar refractivity (Wildman–Crippen MR) is 245 cm³/mol. The standard InChI is InChI=1S/C48H58ClN7O6/c1-4-5-6-7-8-9-10-11-12-13-14-15-16-17-24-29-40(57)50-43-42(45(59)55(53-43)37-30-31-39(49)38(32-37)46(60)61)48(34(3)52-56(47(48)62)36-27-22-19-23-28-36)41-33(2)51-54(44(41)58)35-25-20-18-21-26-35/h18-23,25-28,30-32,41-42H,4-17,24,29H2,1-3H3,(H,60,61)(H,50,53,57)/t41-,42+,48+/m1/s1. The molecule has 3 aromatic rings. The molecular formula is C48H58ClN7O6. The first-order valence-corrected chi connectivity index (χ1v) is 22.5. The number of aromatic carboxylic acids is 1. The van der Waals surface area contributed by atoms with Crippen LogP contribution in [0.3, 0.4) is 0 Å². The largest absolute Gasteiger partial charge is 0.478 e. The third-order valence-corrected chi connectivity index (χ3v) is 12.4. The fourth-order valence-electron chi connectivity index (χ4n) is 8.85. The molecule has 0 saturated heterocycles. The second kappa shape index (κ2) is 21.4. The zero-order valence-electron chi connectivity index (χ0n) is 36.0. The van der Waals surface area contributed by atoms with E-state index < -0.39 is 46.8 Å². The van der Waals surface area contributed by atoms with E-state index in [4.69, 9.17) is 16.7 Å². The Morgan fingerprint density at radius 1 is 0.645 bits per heavy atom. The second-order valence-electron chi connectivity index (χ2n) is 16.5. The van der Waals surface area contributed by atoms with Gasteiger partial charge in [-0.2, -0.15) is 25.3 Å². The SMILES string of the molecule is CCCCCCCCCCCCCCCCCC(=O)NC1=NN(c2ccc(Cl)c(C(=O)O)c2)C(=O)[C@H]1[C@]1([C@H]2C(=O)N(c3ccccc3)N=C2C)C(=O)N(c2ccccc2)N=C1C. The highest BCUT2D eigenvalue weighted by Gasteiger charge is 2.69. The highest BCUT2D eigenvalue weighted by molar-refractivity contribution is 6.35. The van der Waals surface area contributed by atoms with Gasteiger partial charge >= 0.3 is 5.97 Å². The van der Waals surface area contributed by atoms with Gasteiger partial charge in [-0.25, -0.2) is 9.80 Å². The summed E-state index contributed by atoms with van der Waals surface area (Å²) in [6, 6.07) is 21.4. The number of benzene rings is 3. The van der Waals surface area contributed by atoms with Crippen LogP contribution in [0.2, 0.25) is 5.02 Å². The lowest BCUT2D eigenvalue weighted by atomic mass is 9.61. The molecule has 6 rings (SSSR count). The first kappa shape index (κ1) is 45.8. The maximum Gasteiger partial charge on any atom is 0.337 e. The van der Waals surface area contributed by atoms with Gasteiger partial charge < -0.3 is 10.4 Å². The lowest BCUT2D eigenvalue weighted by Gasteiger charge is -2.37. The van der Waals surface area contributed by atoms with Crippen molar-refractivity contribution in [3.8, 4) is 0 Å². The third kappa shape index (κ3) is 9.99. The number of hydrazone groups is 3. The van der Waals surface area contributed by atoms with Gasteiger partial charge in [-0.3, -0.25) is 19.2 Å². The number of carbonyl (C=O) groups excluding carboxylic acids is 4. The summed E-state index contributed by atoms with van der Waals surface area (Å²) < 4.78 is 0. The molecule has 14 heteroatoms. The number of carboxylic acid groups (broad SMARTS) is 1. The predicted octanol–water partition coefficient (Wildman–Crippen LogP) is 10.1. The Morgan fingerprint density at radius 3 is 1.69 bits per heavy atom. The average molecular weight is 864 g/mol. The quantitative estimate of drug-likeness (QED) is 0.0955. The fourth-order valence-corrected chi connectivity index (χ4v) is 9.04. The summed E-state index contributed by atoms with van der Waals surface area (Å²) in [5.41, 5.74) is -1.04. The lowest BCUT2D eigenvalue weighted by Crippen LogP contribution is -2.60. The molecule has 3 atom stereocenters. The lowest BCUT2D eigenvalue weighted by molar-refractivity contribution is -0.136. The molecule has 13 nitrogen and oxygen atoms in total. The van der Waals surface area contributed by atoms with Gasteiger partial charge in [0, 0.05) is 12.1 Å². The topological polar surface area (TPSA) is 164 Å². The average Bonchev–Trinajstić information content (AvgIpc) is 3.85. The Labute approximate surface area is 369 Å². The molecule has 0 aromatic heterocycles. The number of carbonyl (C=O) groups is 5. The van der Waals surface area contributed by atoms with Crippen LogP contribution in [0.15, 0.2) is 94.2 Å². The summed E-state index contributed by atoms with van der Waals surface area (Å²) in [6.07, 6.45) is 17.9. The van der Waals surface area contributed by atoms with Crippen LogP contribution in [0.25, 0.3) is 0 Å². The fraction of sp³-hybridized carbons (Fsp3) is 0.458. The van der Waals surface area contributed by atoms with Gasteiger partial charge in [0.2, 0.25) is 5.91 Å². The number of rotatable bonds is 22. The molecule has 0 saturated carbocycles. The van der Waals surface area contributed by atoms with E-state index in [1.165, 1.54) is 92.4 Å². The van der Waals surface area contributed by atoms with Crippen LogP contribution in [0.4, 0.5) is 17.1 Å². The van der Waals surface area contributed by atoms with E-state index in [0.717, 1.165) is 30.7 Å². The summed E-state index contributed by atoms with van der Waals surface area (Å²) in [7, 11) is 0. The summed E-state index contributed by atoms with van der Waals surface area (Å²) in [4.78, 5) is 71.2. The van der Waals surface area contributed by atoms with Crippen molar-refractivity contribution >= 4 is 75.5 Å². The second-order valence-corrected chi connectivity index (χ2v) is 16.9. The number of amides is 4. The summed E-state index contributed by atoms with van der Waals surface area (Å²) >= 11 is 6.22. The van der Waals surface area contributed by atoms with E-state index in [0.29, 0.717) is 17.8 Å². The van der Waals surface area contributed by atoms with Gasteiger partial charge in [-0.05, 0) is 62.7 Å². The minimum atomic E-state index is -2.06. The molecule has 0 unspecified atom stereocenters. The summed E-state index contributed by atoms with van der Waals surface area (Å²) in [5, 5.41) is 30.0. The first-order chi connectivity index (χ1) is 30.0. The molecule has 4 amide bonds. The molecule has 62 heavy (non-hydrogen) atoms. The summed E-state index contributed by atoms with van der Waals surface area (Å²) in [6.45, 7) is 5.46. The molecule has 3 heterocycles. The van der Waals surface area contributed by atoms with Gasteiger partial charge in [0.1, 0.15) is 23.1 Å². The van der Waals surface area contributed by atoms with Crippen molar-refractivity contribution < 1.29 is 29.1 Å². The van der Waals surface area contributed by atoms with Gasteiger partial charge in [0.25, 0.3) is 17.7 Å². The first-order valence-electron chi connectivity index (χ1n) is 22.1. The molecule has 3 aliphatic rings. The maximum absolute atomic E-state index is 15.3. The summed E-state index contributed by atoms with van der Waals surface area (Å²) in [5.74, 6) is -6.86. The highest BCUT2D eigenvalue weighted by Crippen LogP contribution is 2.51. The number of halogens is 1. The van der Waals surface area contributed by atoms with E-state index in [1.54, 1.807) is 74.5 Å². The highest BCUT2D eigenvalue weighted by atomic mass is 35.5. The van der Waals surface area contributed by atoms with E-state index in [1.807, 2.05) is 0 Å². The van der Waals surface area contributed by atoms with Gasteiger partial charge in [-0.15, -0.1) is 0 Å². The number of anilines is 3. The van der Waals surface area contributed by atoms with E-state index in [2.05, 4.69) is 22.4 Å². The minimum absolute atomic E-state index is 0.0395. The van der Waals surface area contributed by atoms with Crippen LogP contribution in [0.1, 0.15) is 134 Å². The van der Waals surface area contributed by atoms with Crippen molar-refractivity contribution in [2.45, 2.75) is 124 Å². The number of unbranched alkanes of at least 4 members (excludes halogenated alkanes) is 14. The normalized spacial score (nSPS) is 19.9. The Morgan fingerprint density at radius 2 is 1.15 bits per heavy atom. The van der Waals surface area contributed by atoms with Crippen LogP contribution in [0, 0.1) is 17.3 Å². The monoisotopic (exact) mass is 863 g/mol. The molecule has 2 N–H and O–H groups in total. The Bertz CT molecular complexity index is 2200. The van der Waals surface area contributed by atoms with Crippen molar-refractivity contribution in [1.29, 1.82) is 0 Å². The number of hydrogen-bond donors (Lipinski definition) is 2. The Balaban J connectivity index is 1.23. The number of carboxylic acids is 1. The van der Waals surface area contributed by atoms with Crippen LogP contribution >= 0.6 is 11.6 Å². The van der Waals surface area contributed by atoms with Crippen molar-refractivity contribution in [2.24, 2.45) is 32.6 Å². The minimum Gasteiger partial charge on any atom is -0.478 e. The van der Waals surface area contributed by atoms with Gasteiger partial charge in [0.15, 0.2) is 0 Å². The molecule has 3 aliphatic heterocycles. The molecule has 0 bridgehead atoms. The molecule has 0 aliphatic carbocycles. The van der Waals surface area contributed by atoms with E-state index >= 15 is 9.59 Å². The molecule has 0 fully saturated rings. The Kier molecular flexibility index (Phi) is 15.8. The number of hydrogen-bond acceptors (Lipinski definition) is 8. The van der Waals surface area contributed by atoms with Crippen LogP contribution < -0.4 is 20.3 Å².